The Kier molecular flexibility index (Phi) is 5.92. The number of benzene rings is 1. The summed E-state index contributed by atoms with van der Waals surface area (Å²) in [5, 5.41) is 3.11. The summed E-state index contributed by atoms with van der Waals surface area (Å²) in [4.78, 5) is 11.6. The van der Waals surface area contributed by atoms with Crippen LogP contribution in [0.25, 0.3) is 0 Å². The first-order valence-corrected chi connectivity index (χ1v) is 6.76. The molecule has 0 amide bonds. The quantitative estimate of drug-likeness (QED) is 0.659. The summed E-state index contributed by atoms with van der Waals surface area (Å²) in [5.74, 6) is -0.265. The van der Waals surface area contributed by atoms with Gasteiger partial charge in [-0.15, -0.1) is 0 Å². The Morgan fingerprint density at radius 1 is 1.44 bits per heavy atom. The third-order valence-electron chi connectivity index (χ3n) is 2.50. The molecular formula is C14H18BrNO2. The topological polar surface area (TPSA) is 38.3 Å². The lowest BCUT2D eigenvalue weighted by Gasteiger charge is -2.07. The summed E-state index contributed by atoms with van der Waals surface area (Å²) in [6, 6.07) is 5.95. The number of rotatable bonds is 5. The molecule has 0 fully saturated rings. The Hall–Kier alpha value is -1.29. The number of hydrogen-bond acceptors (Lipinski definition) is 3. The van der Waals surface area contributed by atoms with Crippen LogP contribution in [0.15, 0.2) is 34.4 Å². The van der Waals surface area contributed by atoms with E-state index in [4.69, 9.17) is 4.74 Å². The number of carbonyl (C=O) groups excluding carboxylic acids is 1. The highest BCUT2D eigenvalue weighted by Crippen LogP contribution is 2.20. The van der Waals surface area contributed by atoms with Gasteiger partial charge in [0.1, 0.15) is 0 Å². The van der Waals surface area contributed by atoms with Crippen LogP contribution in [0.5, 0.6) is 0 Å². The Balaban J connectivity index is 2.76. The molecule has 4 heteroatoms. The van der Waals surface area contributed by atoms with Crippen molar-refractivity contribution >= 4 is 27.6 Å². The average Bonchev–Trinajstić information content (AvgIpc) is 2.34. The number of ether oxygens (including phenoxy) is 1. The van der Waals surface area contributed by atoms with Crippen LogP contribution in [-0.4, -0.2) is 12.6 Å². The Morgan fingerprint density at radius 2 is 2.17 bits per heavy atom. The van der Waals surface area contributed by atoms with Crippen LogP contribution in [0.4, 0.5) is 5.69 Å². The molecule has 0 aromatic heterocycles. The molecule has 0 saturated heterocycles. The molecule has 0 radical (unpaired) electrons. The van der Waals surface area contributed by atoms with Gasteiger partial charge in [0.15, 0.2) is 0 Å². The van der Waals surface area contributed by atoms with E-state index < -0.39 is 0 Å². The maximum Gasteiger partial charge on any atom is 0.335 e. The number of anilines is 1. The zero-order valence-corrected chi connectivity index (χ0v) is 12.5. The largest absolute Gasteiger partial charge is 0.463 e. The SMILES string of the molecule is CCOC(=O)/C(=C/Nc1ccc(C)c(Br)c1)CC. The van der Waals surface area contributed by atoms with Gasteiger partial charge >= 0.3 is 5.97 Å². The van der Waals surface area contributed by atoms with Crippen molar-refractivity contribution in [3.8, 4) is 0 Å². The van der Waals surface area contributed by atoms with E-state index in [2.05, 4.69) is 21.2 Å². The van der Waals surface area contributed by atoms with Crippen molar-refractivity contribution in [2.75, 3.05) is 11.9 Å². The second-order valence-electron chi connectivity index (χ2n) is 3.85. The zero-order valence-electron chi connectivity index (χ0n) is 10.9. The first-order valence-electron chi connectivity index (χ1n) is 5.97. The van der Waals surface area contributed by atoms with Crippen molar-refractivity contribution in [3.05, 3.63) is 40.0 Å². The lowest BCUT2D eigenvalue weighted by molar-refractivity contribution is -0.138. The molecule has 0 spiro atoms. The molecular weight excluding hydrogens is 294 g/mol. The highest BCUT2D eigenvalue weighted by atomic mass is 79.9. The summed E-state index contributed by atoms with van der Waals surface area (Å²) in [6.45, 7) is 6.15. The summed E-state index contributed by atoms with van der Waals surface area (Å²) >= 11 is 3.47. The monoisotopic (exact) mass is 311 g/mol. The van der Waals surface area contributed by atoms with Crippen LogP contribution in [0, 0.1) is 6.92 Å². The molecule has 0 heterocycles. The van der Waals surface area contributed by atoms with Crippen molar-refractivity contribution in [3.63, 3.8) is 0 Å². The Bertz CT molecular complexity index is 455. The van der Waals surface area contributed by atoms with Gasteiger partial charge in [0.05, 0.1) is 12.2 Å². The number of nitrogens with one attached hydrogen (secondary N) is 1. The molecule has 0 aliphatic heterocycles. The lowest BCUT2D eigenvalue weighted by Crippen LogP contribution is -2.08. The molecule has 3 nitrogen and oxygen atoms in total. The van der Waals surface area contributed by atoms with E-state index in [1.165, 1.54) is 5.56 Å². The van der Waals surface area contributed by atoms with Crippen LogP contribution in [-0.2, 0) is 9.53 Å². The van der Waals surface area contributed by atoms with E-state index in [0.29, 0.717) is 18.6 Å². The number of esters is 1. The van der Waals surface area contributed by atoms with Crippen molar-refractivity contribution in [2.24, 2.45) is 0 Å². The second-order valence-corrected chi connectivity index (χ2v) is 4.71. The van der Waals surface area contributed by atoms with E-state index in [9.17, 15) is 4.79 Å². The van der Waals surface area contributed by atoms with Crippen LogP contribution in [0.3, 0.4) is 0 Å². The highest BCUT2D eigenvalue weighted by Gasteiger charge is 2.07. The fourth-order valence-electron chi connectivity index (χ4n) is 1.38. The fraction of sp³-hybridized carbons (Fsp3) is 0.357. The van der Waals surface area contributed by atoms with Gasteiger partial charge in [-0.3, -0.25) is 0 Å². The van der Waals surface area contributed by atoms with E-state index in [0.717, 1.165) is 10.2 Å². The van der Waals surface area contributed by atoms with Gasteiger partial charge in [-0.2, -0.15) is 0 Å². The van der Waals surface area contributed by atoms with E-state index in [1.54, 1.807) is 13.1 Å². The minimum atomic E-state index is -0.265. The van der Waals surface area contributed by atoms with Gasteiger partial charge in [0, 0.05) is 16.4 Å². The van der Waals surface area contributed by atoms with E-state index in [-0.39, 0.29) is 5.97 Å². The maximum atomic E-state index is 11.6. The second kappa shape index (κ2) is 7.21. The number of aryl methyl sites for hydroxylation is 1. The van der Waals surface area contributed by atoms with E-state index in [1.807, 2.05) is 32.0 Å². The molecule has 1 N–H and O–H groups in total. The lowest BCUT2D eigenvalue weighted by atomic mass is 10.2. The van der Waals surface area contributed by atoms with Gasteiger partial charge in [-0.25, -0.2) is 4.79 Å². The molecule has 0 bridgehead atoms. The Morgan fingerprint density at radius 3 is 2.72 bits per heavy atom. The summed E-state index contributed by atoms with van der Waals surface area (Å²) < 4.78 is 6.01. The van der Waals surface area contributed by atoms with Crippen molar-refractivity contribution in [1.29, 1.82) is 0 Å². The molecule has 98 valence electrons. The summed E-state index contributed by atoms with van der Waals surface area (Å²) in [6.07, 6.45) is 2.34. The molecule has 0 aliphatic rings. The predicted octanol–water partition coefficient (Wildman–Crippen LogP) is 4.03. The predicted molar refractivity (Wildman–Crippen MR) is 77.5 cm³/mol. The van der Waals surface area contributed by atoms with Crippen LogP contribution in [0.2, 0.25) is 0 Å². The molecule has 0 aliphatic carbocycles. The van der Waals surface area contributed by atoms with Gasteiger partial charge in [-0.05, 0) is 38.0 Å². The number of hydrogen-bond donors (Lipinski definition) is 1. The van der Waals surface area contributed by atoms with Crippen molar-refractivity contribution in [1.82, 2.24) is 0 Å². The highest BCUT2D eigenvalue weighted by molar-refractivity contribution is 9.10. The zero-order chi connectivity index (χ0) is 13.5. The Labute approximate surface area is 116 Å². The number of carbonyl (C=O) groups is 1. The maximum absolute atomic E-state index is 11.6. The summed E-state index contributed by atoms with van der Waals surface area (Å²) in [7, 11) is 0. The number of halogens is 1. The third kappa shape index (κ3) is 4.18. The van der Waals surface area contributed by atoms with Gasteiger partial charge < -0.3 is 10.1 Å². The summed E-state index contributed by atoms with van der Waals surface area (Å²) in [5.41, 5.74) is 2.74. The van der Waals surface area contributed by atoms with Gasteiger partial charge in [0.2, 0.25) is 0 Å². The normalized spacial score (nSPS) is 11.2. The molecule has 0 saturated carbocycles. The molecule has 1 aromatic rings. The van der Waals surface area contributed by atoms with Crippen LogP contribution >= 0.6 is 15.9 Å². The average molecular weight is 312 g/mol. The van der Waals surface area contributed by atoms with Crippen molar-refractivity contribution in [2.45, 2.75) is 27.2 Å². The van der Waals surface area contributed by atoms with E-state index >= 15 is 0 Å². The first-order chi connectivity index (χ1) is 8.58. The standard InChI is InChI=1S/C14H18BrNO2/c1-4-11(14(17)18-5-2)9-16-12-7-6-10(3)13(15)8-12/h6-9,16H,4-5H2,1-3H3/b11-9+. The van der Waals surface area contributed by atoms with Crippen LogP contribution < -0.4 is 5.32 Å². The molecule has 0 atom stereocenters. The minimum Gasteiger partial charge on any atom is -0.463 e. The fourth-order valence-corrected chi connectivity index (χ4v) is 1.76. The molecule has 1 aromatic carbocycles. The van der Waals surface area contributed by atoms with Crippen LogP contribution in [0.1, 0.15) is 25.8 Å². The first kappa shape index (κ1) is 14.8. The van der Waals surface area contributed by atoms with Gasteiger partial charge in [0.25, 0.3) is 0 Å². The molecule has 18 heavy (non-hydrogen) atoms. The van der Waals surface area contributed by atoms with Crippen molar-refractivity contribution < 1.29 is 9.53 Å². The van der Waals surface area contributed by atoms with Gasteiger partial charge in [-0.1, -0.05) is 28.9 Å². The minimum absolute atomic E-state index is 0.265. The third-order valence-corrected chi connectivity index (χ3v) is 3.36. The molecule has 1 rings (SSSR count). The smallest absolute Gasteiger partial charge is 0.335 e. The molecule has 0 unspecified atom stereocenters.